The Labute approximate surface area is 69.6 Å². The standard InChI is InChI=1S/C6H12BF3NO/c1-6(2,3)11-5(12)4-7(8,9)10/h4H2,1-3H3,(H,11,12)/q-1. The first-order chi connectivity index (χ1) is 5.10. The number of rotatable bonds is 2. The van der Waals surface area contributed by atoms with E-state index in [1.54, 1.807) is 20.8 Å². The Kier molecular flexibility index (Phi) is 3.18. The molecule has 72 valence electrons. The van der Waals surface area contributed by atoms with Gasteiger partial charge in [-0.05, 0) is 27.1 Å². The molecule has 2 nitrogen and oxygen atoms in total. The van der Waals surface area contributed by atoms with Crippen LogP contribution in [0.2, 0.25) is 6.32 Å². The highest BCUT2D eigenvalue weighted by molar-refractivity contribution is 6.62. The van der Waals surface area contributed by atoms with Crippen molar-refractivity contribution in [1.29, 1.82) is 0 Å². The first-order valence-corrected chi connectivity index (χ1v) is 3.62. The Morgan fingerprint density at radius 3 is 2.00 bits per heavy atom. The highest BCUT2D eigenvalue weighted by atomic mass is 19.4. The average molecular weight is 182 g/mol. The zero-order valence-electron chi connectivity index (χ0n) is 7.33. The minimum absolute atomic E-state index is 0.599. The largest absolute Gasteiger partial charge is 0.487 e. The van der Waals surface area contributed by atoms with E-state index in [1.165, 1.54) is 0 Å². The van der Waals surface area contributed by atoms with E-state index in [0.29, 0.717) is 0 Å². The highest BCUT2D eigenvalue weighted by Crippen LogP contribution is 2.14. The third kappa shape index (κ3) is 7.43. The fourth-order valence-corrected chi connectivity index (χ4v) is 0.680. The number of hydrogen-bond acceptors (Lipinski definition) is 1. The maximum Gasteiger partial charge on any atom is 0.487 e. The molecule has 0 aliphatic rings. The molecule has 0 saturated carbocycles. The first-order valence-electron chi connectivity index (χ1n) is 3.62. The number of halogens is 3. The summed E-state index contributed by atoms with van der Waals surface area (Å²) >= 11 is 0. The smallest absolute Gasteiger partial charge is 0.449 e. The Balaban J connectivity index is 3.92. The molecule has 0 bridgehead atoms. The fraction of sp³-hybridized carbons (Fsp3) is 0.833. The fourth-order valence-electron chi connectivity index (χ4n) is 0.680. The molecule has 0 unspecified atom stereocenters. The second kappa shape index (κ2) is 3.37. The number of nitrogens with one attached hydrogen (secondary N) is 1. The van der Waals surface area contributed by atoms with E-state index in [1.807, 2.05) is 0 Å². The lowest BCUT2D eigenvalue weighted by molar-refractivity contribution is -0.120. The van der Waals surface area contributed by atoms with Crippen LogP contribution in [0.5, 0.6) is 0 Å². The molecule has 0 saturated heterocycles. The summed E-state index contributed by atoms with van der Waals surface area (Å²) in [5, 5.41) is 2.23. The Bertz CT molecular complexity index is 155. The van der Waals surface area contributed by atoms with Gasteiger partial charge in [0.15, 0.2) is 5.91 Å². The molecule has 1 amide bonds. The van der Waals surface area contributed by atoms with Crippen LogP contribution in [0.25, 0.3) is 0 Å². The Hall–Kier alpha value is -0.675. The van der Waals surface area contributed by atoms with Gasteiger partial charge in [-0.2, -0.15) is 0 Å². The summed E-state index contributed by atoms with van der Waals surface area (Å²) in [4.78, 5) is 10.7. The molecule has 0 aromatic heterocycles. The number of carbonyl (C=O) groups excluding carboxylic acids is 1. The van der Waals surface area contributed by atoms with Crippen molar-refractivity contribution in [2.75, 3.05) is 0 Å². The predicted octanol–water partition coefficient (Wildman–Crippen LogP) is 1.75. The van der Waals surface area contributed by atoms with Crippen LogP contribution in [0.4, 0.5) is 12.9 Å². The van der Waals surface area contributed by atoms with E-state index in [4.69, 9.17) is 0 Å². The predicted molar refractivity (Wildman–Crippen MR) is 41.8 cm³/mol. The van der Waals surface area contributed by atoms with E-state index < -0.39 is 24.7 Å². The van der Waals surface area contributed by atoms with Crippen molar-refractivity contribution >= 4 is 12.9 Å². The maximum atomic E-state index is 11.7. The van der Waals surface area contributed by atoms with E-state index in [0.717, 1.165) is 0 Å². The van der Waals surface area contributed by atoms with E-state index in [2.05, 4.69) is 5.32 Å². The van der Waals surface area contributed by atoms with E-state index in [-0.39, 0.29) is 0 Å². The number of carbonyl (C=O) groups is 1. The minimum atomic E-state index is -5.01. The summed E-state index contributed by atoms with van der Waals surface area (Å²) < 4.78 is 35.0. The van der Waals surface area contributed by atoms with Crippen LogP contribution in [-0.2, 0) is 4.79 Å². The molecular weight excluding hydrogens is 170 g/mol. The maximum absolute atomic E-state index is 11.7. The highest BCUT2D eigenvalue weighted by Gasteiger charge is 2.28. The van der Waals surface area contributed by atoms with Gasteiger partial charge in [-0.25, -0.2) is 0 Å². The molecule has 0 aromatic carbocycles. The van der Waals surface area contributed by atoms with Gasteiger partial charge in [-0.1, -0.05) is 0 Å². The van der Waals surface area contributed by atoms with Gasteiger partial charge in [0.1, 0.15) is 0 Å². The molecule has 0 atom stereocenters. The molecule has 0 fully saturated rings. The molecule has 0 aliphatic heterocycles. The quantitative estimate of drug-likeness (QED) is 0.647. The van der Waals surface area contributed by atoms with Gasteiger partial charge in [0.2, 0.25) is 0 Å². The van der Waals surface area contributed by atoms with Crippen molar-refractivity contribution in [3.05, 3.63) is 0 Å². The molecule has 6 heteroatoms. The van der Waals surface area contributed by atoms with Gasteiger partial charge in [-0.15, -0.1) is 0 Å². The monoisotopic (exact) mass is 182 g/mol. The second-order valence-electron chi connectivity index (χ2n) is 3.71. The van der Waals surface area contributed by atoms with Gasteiger partial charge >= 0.3 is 6.98 Å². The molecule has 0 radical (unpaired) electrons. The third-order valence-corrected chi connectivity index (χ3v) is 0.931. The molecule has 0 heterocycles. The third-order valence-electron chi connectivity index (χ3n) is 0.931. The van der Waals surface area contributed by atoms with Crippen LogP contribution >= 0.6 is 0 Å². The van der Waals surface area contributed by atoms with Crippen LogP contribution < -0.4 is 5.32 Å². The molecular formula is C6H12BF3NO-. The normalized spacial score (nSPS) is 12.8. The zero-order valence-corrected chi connectivity index (χ0v) is 7.33. The lowest BCUT2D eigenvalue weighted by atomic mass is 9.85. The van der Waals surface area contributed by atoms with Crippen molar-refractivity contribution in [2.24, 2.45) is 0 Å². The average Bonchev–Trinajstić information content (AvgIpc) is 1.49. The van der Waals surface area contributed by atoms with Crippen molar-refractivity contribution in [2.45, 2.75) is 32.6 Å². The van der Waals surface area contributed by atoms with Crippen molar-refractivity contribution in [1.82, 2.24) is 5.32 Å². The molecule has 0 spiro atoms. The van der Waals surface area contributed by atoms with Crippen LogP contribution in [0.15, 0.2) is 0 Å². The van der Waals surface area contributed by atoms with Gasteiger partial charge in [0.05, 0.1) is 0 Å². The van der Waals surface area contributed by atoms with Crippen LogP contribution in [0.1, 0.15) is 20.8 Å². The summed E-state index contributed by atoms with van der Waals surface area (Å²) in [6.07, 6.45) is -1.35. The topological polar surface area (TPSA) is 29.1 Å². The summed E-state index contributed by atoms with van der Waals surface area (Å²) in [6, 6.07) is 0. The van der Waals surface area contributed by atoms with Crippen molar-refractivity contribution in [3.8, 4) is 0 Å². The van der Waals surface area contributed by atoms with Gasteiger partial charge in [0.25, 0.3) is 0 Å². The Morgan fingerprint density at radius 2 is 1.75 bits per heavy atom. The summed E-state index contributed by atoms with van der Waals surface area (Å²) in [5.74, 6) is -0.963. The zero-order chi connectivity index (χ0) is 9.99. The van der Waals surface area contributed by atoms with Crippen LogP contribution in [-0.4, -0.2) is 18.4 Å². The van der Waals surface area contributed by atoms with Gasteiger partial charge in [0, 0.05) is 5.54 Å². The summed E-state index contributed by atoms with van der Waals surface area (Å²) in [7, 11) is 0. The molecule has 1 N–H and O–H groups in total. The minimum Gasteiger partial charge on any atom is -0.449 e. The molecule has 12 heavy (non-hydrogen) atoms. The Morgan fingerprint density at radius 1 is 1.33 bits per heavy atom. The molecule has 0 aromatic rings. The van der Waals surface area contributed by atoms with Crippen LogP contribution in [0, 0.1) is 0 Å². The van der Waals surface area contributed by atoms with Gasteiger partial charge < -0.3 is 18.3 Å². The lowest BCUT2D eigenvalue weighted by Crippen LogP contribution is -2.42. The van der Waals surface area contributed by atoms with Crippen molar-refractivity contribution in [3.63, 3.8) is 0 Å². The number of hydrogen-bond donors (Lipinski definition) is 1. The second-order valence-corrected chi connectivity index (χ2v) is 3.71. The molecule has 0 rings (SSSR count). The van der Waals surface area contributed by atoms with Crippen molar-refractivity contribution < 1.29 is 17.7 Å². The van der Waals surface area contributed by atoms with Crippen LogP contribution in [0.3, 0.4) is 0 Å². The first kappa shape index (κ1) is 11.3. The van der Waals surface area contributed by atoms with E-state index in [9.17, 15) is 17.7 Å². The van der Waals surface area contributed by atoms with E-state index >= 15 is 0 Å². The number of amides is 1. The molecule has 0 aliphatic carbocycles. The summed E-state index contributed by atoms with van der Waals surface area (Å²) in [6.45, 7) is -0.112. The SMILES string of the molecule is CC(C)(C)NC(=O)C[B-](F)(F)F. The lowest BCUT2D eigenvalue weighted by Gasteiger charge is -2.22. The van der Waals surface area contributed by atoms with Gasteiger partial charge in [-0.3, -0.25) is 4.79 Å². The summed E-state index contributed by atoms with van der Waals surface area (Å²) in [5.41, 5.74) is -0.599.